The third-order valence-electron chi connectivity index (χ3n) is 14.2. The second-order valence-electron chi connectivity index (χ2n) is 21.4. The number of carboxylic acid groups (broad SMARTS) is 1. The number of carboxylic acids is 1. The number of benzene rings is 2. The molecule has 0 spiro atoms. The van der Waals surface area contributed by atoms with Crippen molar-refractivity contribution in [3.63, 3.8) is 0 Å². The third kappa shape index (κ3) is 20.2. The van der Waals surface area contributed by atoms with Crippen LogP contribution >= 0.6 is 0 Å². The molecule has 0 amide bonds. The van der Waals surface area contributed by atoms with Crippen LogP contribution in [0.1, 0.15) is 109 Å². The number of hydrogen-bond acceptors (Lipinski definition) is 17. The number of sulfonamides is 2. The largest absolute Gasteiger partial charge is 1.00 e. The van der Waals surface area contributed by atoms with Gasteiger partial charge in [0.2, 0.25) is 20.0 Å². The summed E-state index contributed by atoms with van der Waals surface area (Å²) >= 11 is 0. The van der Waals surface area contributed by atoms with Gasteiger partial charge < -0.3 is 23.7 Å². The van der Waals surface area contributed by atoms with Gasteiger partial charge in [0.25, 0.3) is 0 Å². The van der Waals surface area contributed by atoms with Crippen LogP contribution in [-0.4, -0.2) is 132 Å². The predicted molar refractivity (Wildman–Crippen MR) is 311 cm³/mol. The molecular weight excluding hydrogens is 1240 g/mol. The van der Waals surface area contributed by atoms with E-state index in [4.69, 9.17) is 15.1 Å². The van der Waals surface area contributed by atoms with Crippen LogP contribution in [0.25, 0.3) is 0 Å². The van der Waals surface area contributed by atoms with Gasteiger partial charge in [0.15, 0.2) is 5.71 Å². The Morgan fingerprint density at radius 3 is 1.76 bits per heavy atom. The Labute approximate surface area is 580 Å². The molecule has 1 aromatic heterocycles. The number of amidine groups is 1. The Morgan fingerprint density at radius 1 is 0.714 bits per heavy atom. The summed E-state index contributed by atoms with van der Waals surface area (Å²) in [5.41, 5.74) is 4.11. The van der Waals surface area contributed by atoms with Gasteiger partial charge in [-0.15, -0.1) is 0 Å². The number of nitrogens with zero attached hydrogens (tertiary/aromatic N) is 6. The summed E-state index contributed by atoms with van der Waals surface area (Å²) in [5, 5.41) is 6.54. The van der Waals surface area contributed by atoms with E-state index in [0.717, 1.165) is 28.0 Å². The molecule has 4 heterocycles. The Kier molecular flexibility index (Phi) is 26.0. The number of hydrogen-bond donors (Lipinski definition) is 1. The van der Waals surface area contributed by atoms with Crippen molar-refractivity contribution >= 4 is 85.1 Å². The van der Waals surface area contributed by atoms with Crippen molar-refractivity contribution in [2.75, 3.05) is 46.5 Å². The summed E-state index contributed by atoms with van der Waals surface area (Å²) in [5.74, 6) is 11.9. The first-order valence-electron chi connectivity index (χ1n) is 26.0. The summed E-state index contributed by atoms with van der Waals surface area (Å²) in [4.78, 5) is 22.7. The Balaban J connectivity index is 0.00000757. The van der Waals surface area contributed by atoms with E-state index in [0.29, 0.717) is 70.3 Å². The fourth-order valence-corrected chi connectivity index (χ4v) is 12.3. The molecule has 0 saturated carbocycles. The fourth-order valence-electron chi connectivity index (χ4n) is 9.14. The summed E-state index contributed by atoms with van der Waals surface area (Å²) in [7, 11) is -21.3. The zero-order valence-electron chi connectivity index (χ0n) is 48.7. The normalized spacial score (nSPS) is 16.7. The van der Waals surface area contributed by atoms with E-state index in [1.54, 1.807) is 58.3 Å². The molecule has 21 nitrogen and oxygen atoms in total. The molecule has 2 aromatic carbocycles. The number of aromatic nitrogens is 1. The summed E-state index contributed by atoms with van der Waals surface area (Å²) < 4.78 is 160. The monoisotopic (exact) mass is 1300 g/mol. The minimum absolute atomic E-state index is 0. The third-order valence-corrected chi connectivity index (χ3v) is 19.8. The first-order valence-corrected chi connectivity index (χ1v) is 34.3. The number of aliphatic imine (C=N–C) groups is 2. The van der Waals surface area contributed by atoms with E-state index < -0.39 is 83.5 Å². The van der Waals surface area contributed by atoms with Gasteiger partial charge in [-0.05, 0) is 131 Å². The minimum atomic E-state index is -4.61. The van der Waals surface area contributed by atoms with E-state index in [9.17, 15) is 60.5 Å². The quantitative estimate of drug-likeness (QED) is 0.0391. The summed E-state index contributed by atoms with van der Waals surface area (Å²) in [6.45, 7) is 10.7. The Morgan fingerprint density at radius 2 is 1.24 bits per heavy atom. The molecule has 1 N–H and O–H groups in total. The van der Waals surface area contributed by atoms with Gasteiger partial charge in [0, 0.05) is 77.4 Å². The van der Waals surface area contributed by atoms with E-state index in [2.05, 4.69) is 23.7 Å². The number of aryl methyl sites for hydroxylation is 1. The number of allylic oxidation sites excluding steroid dienone is 6. The van der Waals surface area contributed by atoms with Gasteiger partial charge >= 0.3 is 115 Å². The van der Waals surface area contributed by atoms with Crippen molar-refractivity contribution in [3.8, 4) is 23.7 Å². The van der Waals surface area contributed by atoms with E-state index in [-0.39, 0.29) is 160 Å². The first kappa shape index (κ1) is 73.3. The van der Waals surface area contributed by atoms with Crippen molar-refractivity contribution in [2.24, 2.45) is 15.4 Å². The molecule has 442 valence electrons. The van der Waals surface area contributed by atoms with Crippen LogP contribution in [-0.2, 0) is 67.2 Å². The molecule has 28 heteroatoms. The molecule has 3 aliphatic rings. The second-order valence-corrected chi connectivity index (χ2v) is 30.3. The molecule has 0 bridgehead atoms. The molecule has 6 rings (SSSR count). The van der Waals surface area contributed by atoms with E-state index in [1.165, 1.54) is 30.3 Å². The average molecular weight is 1300 g/mol. The van der Waals surface area contributed by atoms with Gasteiger partial charge in [0.1, 0.15) is 12.0 Å². The number of fused-ring (bicyclic) bond motifs is 2. The maximum absolute atomic E-state index is 12.7. The molecule has 3 aromatic rings. The zero-order valence-corrected chi connectivity index (χ0v) is 59.0. The molecular formula is C56H66K2N6O15S5. The van der Waals surface area contributed by atoms with Crippen LogP contribution in [0.2, 0.25) is 0 Å². The predicted octanol–water partition coefficient (Wildman–Crippen LogP) is -0.438. The van der Waals surface area contributed by atoms with Crippen molar-refractivity contribution in [1.82, 2.24) is 4.90 Å². The number of carbonyl (C=O) groups is 1. The van der Waals surface area contributed by atoms with E-state index in [1.807, 2.05) is 58.1 Å². The summed E-state index contributed by atoms with van der Waals surface area (Å²) in [6, 6.07) is 14.8. The Hall–Kier alpha value is -3.22. The molecule has 2 atom stereocenters. The van der Waals surface area contributed by atoms with Gasteiger partial charge in [-0.1, -0.05) is 50.0 Å². The van der Waals surface area contributed by atoms with Crippen molar-refractivity contribution in [2.45, 2.75) is 109 Å². The topological polar surface area (TPSA) is 315 Å². The molecule has 3 aliphatic heterocycles. The molecule has 0 radical (unpaired) electrons. The van der Waals surface area contributed by atoms with Gasteiger partial charge in [-0.3, -0.25) is 13.4 Å². The SMILES string of the molecule is CC(CCN1C=C(C#Cc2ccc(N(CCCS(=O)(=O)[O-])S(C)(=O)=O)cc2)C=C2C1=N/C(=C\C=C\C1=Nc3c(cc(C#Cc4ccc(N(CCCCCC(=O)O)S(C)(=O)=O)cc4)c[n+]3CCC(C)S(=O)(=O)[O-])C1(C)C)C2(C)C)S(=O)(=O)[O-].[K+].[K+]. The molecule has 0 fully saturated rings. The maximum Gasteiger partial charge on any atom is 1.00 e. The van der Waals surface area contributed by atoms with Gasteiger partial charge in [0.05, 0.1) is 88.3 Å². The van der Waals surface area contributed by atoms with Gasteiger partial charge in [-0.25, -0.2) is 51.6 Å². The van der Waals surface area contributed by atoms with Gasteiger partial charge in [-0.2, -0.15) is 0 Å². The fraction of sp³-hybridized carbons (Fsp3) is 0.429. The standard InChI is InChI=1S/C56H68N6O15S5.2K/c1-40(81(72,73)74)29-33-59-38-44(19-17-42-21-25-46(26-22-42)61(78(7,65)66)31-11-9-10-16-52(63)64)36-48-53(59)57-50(55(48,3)4)14-12-15-51-56(5,6)49-37-45(39-60(54(49)58-51)34-30-41(2)82(75,76)77)20-18-43-23-27-47(28-24-43)62(79(8,67)68)32-13-35-80(69,70)71;;/h12,14-15,21-28,36-41H,9-11,13,16,29-35H2,1-8H3,(H3-,63,64,69,70,71,72,73,74,75,76,77);;/q;2*+1/p-2. The number of pyridine rings is 1. The molecule has 0 saturated heterocycles. The van der Waals surface area contributed by atoms with Crippen LogP contribution in [0.4, 0.5) is 17.2 Å². The number of rotatable bonds is 24. The molecule has 0 aliphatic carbocycles. The Bertz CT molecular complexity index is 3900. The smallest absolute Gasteiger partial charge is 0.748 e. The molecule has 2 unspecified atom stereocenters. The van der Waals surface area contributed by atoms with Crippen molar-refractivity contribution in [1.29, 1.82) is 0 Å². The summed E-state index contributed by atoms with van der Waals surface area (Å²) in [6.07, 6.45) is 14.0. The zero-order chi connectivity index (χ0) is 60.8. The first-order chi connectivity index (χ1) is 37.9. The van der Waals surface area contributed by atoms with E-state index >= 15 is 0 Å². The number of anilines is 2. The minimum Gasteiger partial charge on any atom is -0.748 e. The number of unbranched alkanes of at least 4 members (excludes halogenated alkanes) is 2. The average Bonchev–Trinajstić information content (AvgIpc) is 3.97. The van der Waals surface area contributed by atoms with Crippen LogP contribution in [0.15, 0.2) is 118 Å². The maximum atomic E-state index is 12.7. The molecule has 84 heavy (non-hydrogen) atoms. The van der Waals surface area contributed by atoms with Crippen LogP contribution in [0, 0.1) is 29.1 Å². The second kappa shape index (κ2) is 29.9. The van der Waals surface area contributed by atoms with Crippen LogP contribution in [0.3, 0.4) is 0 Å². The van der Waals surface area contributed by atoms with Crippen molar-refractivity contribution < 1.29 is 173 Å². The van der Waals surface area contributed by atoms with Crippen molar-refractivity contribution in [3.05, 3.63) is 130 Å². The van der Waals surface area contributed by atoms with Crippen LogP contribution in [0.5, 0.6) is 0 Å². The van der Waals surface area contributed by atoms with Crippen LogP contribution < -0.4 is 116 Å². The number of aliphatic carboxylic acids is 1.